The van der Waals surface area contributed by atoms with Crippen LogP contribution < -0.4 is 14.8 Å². The van der Waals surface area contributed by atoms with E-state index < -0.39 is 0 Å². The molecule has 0 saturated carbocycles. The van der Waals surface area contributed by atoms with Crippen LogP contribution in [0.5, 0.6) is 11.5 Å². The predicted molar refractivity (Wildman–Crippen MR) is 105 cm³/mol. The second kappa shape index (κ2) is 10.9. The summed E-state index contributed by atoms with van der Waals surface area (Å²) in [6.45, 7) is 2.83. The molecule has 142 valence electrons. The van der Waals surface area contributed by atoms with Crippen molar-refractivity contribution >= 4 is 5.91 Å². The number of hydrogen-bond donors (Lipinski definition) is 1. The SMILES string of the molecule is C#CCOc1ccc(CCC(=O)NCc2ccc(C)cc2)cc1OCOC. The fourth-order valence-corrected chi connectivity index (χ4v) is 2.43. The van der Waals surface area contributed by atoms with Crippen molar-refractivity contribution in [3.05, 3.63) is 59.2 Å². The Morgan fingerprint density at radius 2 is 1.81 bits per heavy atom. The maximum Gasteiger partial charge on any atom is 0.220 e. The number of benzene rings is 2. The Bertz CT molecular complexity index is 778. The summed E-state index contributed by atoms with van der Waals surface area (Å²) >= 11 is 0. The van der Waals surface area contributed by atoms with Gasteiger partial charge in [0.2, 0.25) is 5.91 Å². The highest BCUT2D eigenvalue weighted by atomic mass is 16.7. The van der Waals surface area contributed by atoms with E-state index in [1.165, 1.54) is 5.56 Å². The summed E-state index contributed by atoms with van der Waals surface area (Å²) in [7, 11) is 1.55. The molecule has 5 heteroatoms. The minimum Gasteiger partial charge on any atom is -0.477 e. The van der Waals surface area contributed by atoms with Gasteiger partial charge in [-0.15, -0.1) is 6.42 Å². The Morgan fingerprint density at radius 1 is 1.07 bits per heavy atom. The zero-order valence-corrected chi connectivity index (χ0v) is 15.8. The summed E-state index contributed by atoms with van der Waals surface area (Å²) in [5.74, 6) is 3.52. The summed E-state index contributed by atoms with van der Waals surface area (Å²) in [6.07, 6.45) is 6.22. The second-order valence-corrected chi connectivity index (χ2v) is 6.09. The molecule has 0 fully saturated rings. The van der Waals surface area contributed by atoms with E-state index >= 15 is 0 Å². The molecule has 0 aliphatic rings. The van der Waals surface area contributed by atoms with Crippen LogP contribution in [-0.4, -0.2) is 26.4 Å². The van der Waals surface area contributed by atoms with E-state index in [2.05, 4.69) is 11.2 Å². The first-order valence-corrected chi connectivity index (χ1v) is 8.75. The number of nitrogens with one attached hydrogen (secondary N) is 1. The van der Waals surface area contributed by atoms with Gasteiger partial charge in [0.05, 0.1) is 0 Å². The molecule has 0 aliphatic heterocycles. The zero-order valence-electron chi connectivity index (χ0n) is 15.8. The van der Waals surface area contributed by atoms with Crippen LogP contribution in [0, 0.1) is 19.3 Å². The monoisotopic (exact) mass is 367 g/mol. The summed E-state index contributed by atoms with van der Waals surface area (Å²) in [5, 5.41) is 2.94. The van der Waals surface area contributed by atoms with E-state index in [0.29, 0.717) is 30.9 Å². The molecular weight excluding hydrogens is 342 g/mol. The first-order valence-electron chi connectivity index (χ1n) is 8.75. The molecule has 0 heterocycles. The zero-order chi connectivity index (χ0) is 19.5. The number of hydrogen-bond acceptors (Lipinski definition) is 4. The molecule has 1 N–H and O–H groups in total. The van der Waals surface area contributed by atoms with Crippen LogP contribution in [-0.2, 0) is 22.5 Å². The molecule has 0 bridgehead atoms. The van der Waals surface area contributed by atoms with Gasteiger partial charge in [-0.05, 0) is 36.6 Å². The Kier molecular flexibility index (Phi) is 8.21. The number of rotatable bonds is 10. The topological polar surface area (TPSA) is 56.8 Å². The molecule has 0 aromatic heterocycles. The third kappa shape index (κ3) is 7.04. The highest BCUT2D eigenvalue weighted by Crippen LogP contribution is 2.29. The quantitative estimate of drug-likeness (QED) is 0.517. The van der Waals surface area contributed by atoms with Crippen molar-refractivity contribution in [1.29, 1.82) is 0 Å². The van der Waals surface area contributed by atoms with E-state index in [-0.39, 0.29) is 19.3 Å². The third-order valence-corrected chi connectivity index (χ3v) is 3.90. The van der Waals surface area contributed by atoms with Gasteiger partial charge in [-0.25, -0.2) is 0 Å². The summed E-state index contributed by atoms with van der Waals surface area (Å²) in [6, 6.07) is 13.6. The van der Waals surface area contributed by atoms with Gasteiger partial charge in [0.25, 0.3) is 0 Å². The van der Waals surface area contributed by atoms with Crippen LogP contribution in [0.1, 0.15) is 23.1 Å². The maximum atomic E-state index is 12.1. The molecule has 0 unspecified atom stereocenters. The normalized spacial score (nSPS) is 10.1. The lowest BCUT2D eigenvalue weighted by atomic mass is 10.1. The molecular formula is C22H25NO4. The molecule has 2 rings (SSSR count). The lowest BCUT2D eigenvalue weighted by molar-refractivity contribution is -0.121. The van der Waals surface area contributed by atoms with Gasteiger partial charge in [-0.3, -0.25) is 4.79 Å². The standard InChI is InChI=1S/C22H25NO4/c1-4-13-26-20-11-9-18(14-21(20)27-16-25-3)10-12-22(24)23-15-19-7-5-17(2)6-8-19/h1,5-9,11,14H,10,12-13,15-16H2,2-3H3,(H,23,24). The van der Waals surface area contributed by atoms with Gasteiger partial charge < -0.3 is 19.5 Å². The highest BCUT2D eigenvalue weighted by Gasteiger charge is 2.09. The Labute approximate surface area is 160 Å². The largest absolute Gasteiger partial charge is 0.477 e. The highest BCUT2D eigenvalue weighted by molar-refractivity contribution is 5.76. The van der Waals surface area contributed by atoms with E-state index in [4.69, 9.17) is 20.6 Å². The number of terminal acetylenes is 1. The van der Waals surface area contributed by atoms with Gasteiger partial charge in [-0.2, -0.15) is 0 Å². The predicted octanol–water partition coefficient (Wildman–Crippen LogP) is 3.24. The minimum absolute atomic E-state index is 0.00240. The first kappa shape index (κ1) is 20.3. The summed E-state index contributed by atoms with van der Waals surface area (Å²) < 4.78 is 15.9. The Morgan fingerprint density at radius 3 is 2.52 bits per heavy atom. The number of methoxy groups -OCH3 is 1. The van der Waals surface area contributed by atoms with Gasteiger partial charge in [0, 0.05) is 20.1 Å². The van der Waals surface area contributed by atoms with E-state index in [9.17, 15) is 4.79 Å². The van der Waals surface area contributed by atoms with Gasteiger partial charge >= 0.3 is 0 Å². The van der Waals surface area contributed by atoms with Crippen LogP contribution in [0.25, 0.3) is 0 Å². The first-order chi connectivity index (χ1) is 13.1. The number of carbonyl (C=O) groups is 1. The molecule has 2 aromatic rings. The van der Waals surface area contributed by atoms with E-state index in [0.717, 1.165) is 11.1 Å². The van der Waals surface area contributed by atoms with Crippen molar-refractivity contribution in [2.24, 2.45) is 0 Å². The van der Waals surface area contributed by atoms with Crippen molar-refractivity contribution in [3.63, 3.8) is 0 Å². The molecule has 0 saturated heterocycles. The lowest BCUT2D eigenvalue weighted by Crippen LogP contribution is -2.23. The van der Waals surface area contributed by atoms with Crippen LogP contribution in [0.4, 0.5) is 0 Å². The fourth-order valence-electron chi connectivity index (χ4n) is 2.43. The lowest BCUT2D eigenvalue weighted by Gasteiger charge is -2.12. The van der Waals surface area contributed by atoms with Gasteiger partial charge in [-0.1, -0.05) is 41.8 Å². The van der Waals surface area contributed by atoms with Crippen molar-refractivity contribution in [3.8, 4) is 23.8 Å². The van der Waals surface area contributed by atoms with Crippen molar-refractivity contribution in [1.82, 2.24) is 5.32 Å². The summed E-state index contributed by atoms with van der Waals surface area (Å²) in [5.41, 5.74) is 3.25. The van der Waals surface area contributed by atoms with Gasteiger partial charge in [0.15, 0.2) is 18.3 Å². The Hall–Kier alpha value is -2.97. The fraction of sp³-hybridized carbons (Fsp3) is 0.318. The summed E-state index contributed by atoms with van der Waals surface area (Å²) in [4.78, 5) is 12.1. The van der Waals surface area contributed by atoms with Crippen molar-refractivity contribution in [2.45, 2.75) is 26.3 Å². The van der Waals surface area contributed by atoms with Crippen LogP contribution >= 0.6 is 0 Å². The maximum absolute atomic E-state index is 12.1. The van der Waals surface area contributed by atoms with Crippen molar-refractivity contribution < 1.29 is 19.0 Å². The third-order valence-electron chi connectivity index (χ3n) is 3.90. The number of amides is 1. The smallest absolute Gasteiger partial charge is 0.220 e. The van der Waals surface area contributed by atoms with Crippen molar-refractivity contribution in [2.75, 3.05) is 20.5 Å². The Balaban J connectivity index is 1.88. The molecule has 5 nitrogen and oxygen atoms in total. The molecule has 0 radical (unpaired) electrons. The van der Waals surface area contributed by atoms with E-state index in [1.807, 2.05) is 43.3 Å². The average Bonchev–Trinajstić information content (AvgIpc) is 2.69. The van der Waals surface area contributed by atoms with Crippen LogP contribution in [0.2, 0.25) is 0 Å². The molecule has 1 amide bonds. The minimum atomic E-state index is 0.00240. The van der Waals surface area contributed by atoms with Gasteiger partial charge in [0.1, 0.15) is 6.61 Å². The van der Waals surface area contributed by atoms with E-state index in [1.54, 1.807) is 13.2 Å². The molecule has 27 heavy (non-hydrogen) atoms. The molecule has 2 aromatic carbocycles. The van der Waals surface area contributed by atoms with Crippen LogP contribution in [0.3, 0.4) is 0 Å². The number of carbonyl (C=O) groups excluding carboxylic acids is 1. The molecule has 0 aliphatic carbocycles. The number of ether oxygens (including phenoxy) is 3. The molecule has 0 spiro atoms. The second-order valence-electron chi connectivity index (χ2n) is 6.09. The molecule has 0 atom stereocenters. The number of aryl methyl sites for hydroxylation is 2. The average molecular weight is 367 g/mol. The van der Waals surface area contributed by atoms with Crippen LogP contribution in [0.15, 0.2) is 42.5 Å².